The summed E-state index contributed by atoms with van der Waals surface area (Å²) in [5.74, 6) is 0. The van der Waals surface area contributed by atoms with E-state index in [1.54, 1.807) is 0 Å². The molecule has 1 N–H and O–H groups in total. The minimum Gasteiger partial charge on any atom is -0.378 e. The van der Waals surface area contributed by atoms with Gasteiger partial charge in [0.2, 0.25) is 0 Å². The zero-order chi connectivity index (χ0) is 13.8. The Morgan fingerprint density at radius 2 is 1.84 bits per heavy atom. The van der Waals surface area contributed by atoms with Gasteiger partial charge in [0, 0.05) is 20.3 Å². The molecule has 0 amide bonds. The molecule has 0 saturated heterocycles. The van der Waals surface area contributed by atoms with E-state index in [9.17, 15) is 0 Å². The summed E-state index contributed by atoms with van der Waals surface area (Å²) in [6, 6.07) is 15.0. The van der Waals surface area contributed by atoms with Crippen molar-refractivity contribution in [3.8, 4) is 0 Å². The predicted molar refractivity (Wildman–Crippen MR) is 92.0 cm³/mol. The molecular weight excluding hydrogens is 369 g/mol. The van der Waals surface area contributed by atoms with Gasteiger partial charge in [0.15, 0.2) is 0 Å². The number of benzene rings is 2. The Bertz CT molecular complexity index is 551. The molecule has 0 bridgehead atoms. The quantitative estimate of drug-likeness (QED) is 0.668. The number of hydrogen-bond donors (Lipinski definition) is 1. The van der Waals surface area contributed by atoms with Crippen molar-refractivity contribution in [1.29, 1.82) is 0 Å². The number of nitrogens with one attached hydrogen (secondary N) is 1. The Hall–Kier alpha value is -0.740. The van der Waals surface area contributed by atoms with E-state index in [1.807, 2.05) is 18.2 Å². The Morgan fingerprint density at radius 1 is 1.16 bits per heavy atom. The van der Waals surface area contributed by atoms with Crippen LogP contribution in [0.1, 0.15) is 31.0 Å². The van der Waals surface area contributed by atoms with E-state index in [2.05, 4.69) is 66.0 Å². The highest BCUT2D eigenvalue weighted by Gasteiger charge is 2.07. The number of hydrogen-bond acceptors (Lipinski definition) is 1. The van der Waals surface area contributed by atoms with E-state index in [4.69, 9.17) is 11.6 Å². The molecule has 2 aromatic rings. The molecule has 0 aliphatic carbocycles. The molecule has 0 radical (unpaired) electrons. The lowest BCUT2D eigenvalue weighted by atomic mass is 10.0. The second kappa shape index (κ2) is 6.62. The summed E-state index contributed by atoms with van der Waals surface area (Å²) in [5, 5.41) is 4.30. The highest BCUT2D eigenvalue weighted by Crippen LogP contribution is 2.26. The van der Waals surface area contributed by atoms with Crippen LogP contribution in [0, 0.1) is 3.57 Å². The van der Waals surface area contributed by atoms with Gasteiger partial charge in [-0.3, -0.25) is 0 Å². The maximum atomic E-state index is 5.97. The first kappa shape index (κ1) is 14.7. The van der Waals surface area contributed by atoms with Crippen LogP contribution < -0.4 is 5.32 Å². The van der Waals surface area contributed by atoms with Gasteiger partial charge in [-0.05, 0) is 65.3 Å². The Labute approximate surface area is 133 Å². The van der Waals surface area contributed by atoms with E-state index in [1.165, 1.54) is 11.1 Å². The molecule has 0 saturated carbocycles. The van der Waals surface area contributed by atoms with Crippen LogP contribution in [0.15, 0.2) is 42.5 Å². The van der Waals surface area contributed by atoms with E-state index in [0.29, 0.717) is 0 Å². The maximum absolute atomic E-state index is 5.97. The second-order valence-electron chi connectivity index (χ2n) is 4.59. The SMILES string of the molecule is CCc1ccc(C(C)Nc2ccc(Cl)cc2I)cc1. The fraction of sp³-hybridized carbons (Fsp3) is 0.250. The minimum atomic E-state index is 0.278. The van der Waals surface area contributed by atoms with Gasteiger partial charge in [-0.15, -0.1) is 0 Å². The van der Waals surface area contributed by atoms with Crippen LogP contribution in [-0.4, -0.2) is 0 Å². The molecule has 1 nitrogen and oxygen atoms in total. The number of rotatable bonds is 4. The van der Waals surface area contributed by atoms with Gasteiger partial charge in [0.05, 0.1) is 0 Å². The Kier molecular flexibility index (Phi) is 5.11. The molecule has 2 aromatic carbocycles. The summed E-state index contributed by atoms with van der Waals surface area (Å²) in [5.41, 5.74) is 3.79. The van der Waals surface area contributed by atoms with Crippen molar-refractivity contribution in [1.82, 2.24) is 0 Å². The lowest BCUT2D eigenvalue weighted by molar-refractivity contribution is 0.881. The van der Waals surface area contributed by atoms with Crippen molar-refractivity contribution in [2.45, 2.75) is 26.3 Å². The van der Waals surface area contributed by atoms with Crippen LogP contribution in [0.2, 0.25) is 5.02 Å². The van der Waals surface area contributed by atoms with Gasteiger partial charge in [0.25, 0.3) is 0 Å². The lowest BCUT2D eigenvalue weighted by Gasteiger charge is -2.17. The molecule has 3 heteroatoms. The fourth-order valence-electron chi connectivity index (χ4n) is 1.97. The molecule has 0 aromatic heterocycles. The van der Waals surface area contributed by atoms with Gasteiger partial charge >= 0.3 is 0 Å². The van der Waals surface area contributed by atoms with Crippen LogP contribution in [0.3, 0.4) is 0 Å². The van der Waals surface area contributed by atoms with E-state index in [-0.39, 0.29) is 6.04 Å². The van der Waals surface area contributed by atoms with Crippen LogP contribution in [0.5, 0.6) is 0 Å². The standard InChI is InChI=1S/C16H17ClIN/c1-3-12-4-6-13(7-5-12)11(2)19-16-9-8-14(17)10-15(16)18/h4-11,19H,3H2,1-2H3. The van der Waals surface area contributed by atoms with Crippen molar-refractivity contribution >= 4 is 39.9 Å². The normalized spacial score (nSPS) is 12.2. The predicted octanol–water partition coefficient (Wildman–Crippen LogP) is 5.68. The lowest BCUT2D eigenvalue weighted by Crippen LogP contribution is -2.07. The molecule has 100 valence electrons. The zero-order valence-corrected chi connectivity index (χ0v) is 14.0. The summed E-state index contributed by atoms with van der Waals surface area (Å²) in [6.07, 6.45) is 1.08. The molecule has 0 spiro atoms. The van der Waals surface area contributed by atoms with Crippen LogP contribution >= 0.6 is 34.2 Å². The third kappa shape index (κ3) is 3.86. The third-order valence-electron chi connectivity index (χ3n) is 3.19. The first-order valence-corrected chi connectivity index (χ1v) is 7.86. The summed E-state index contributed by atoms with van der Waals surface area (Å²) in [4.78, 5) is 0. The molecule has 2 rings (SSSR count). The minimum absolute atomic E-state index is 0.278. The van der Waals surface area contributed by atoms with Gasteiger partial charge in [-0.2, -0.15) is 0 Å². The average molecular weight is 386 g/mol. The summed E-state index contributed by atoms with van der Waals surface area (Å²) in [7, 11) is 0. The molecular formula is C16H17ClIN. The number of aryl methyl sites for hydroxylation is 1. The highest BCUT2D eigenvalue weighted by molar-refractivity contribution is 14.1. The average Bonchev–Trinajstić information content (AvgIpc) is 2.42. The molecule has 1 unspecified atom stereocenters. The zero-order valence-electron chi connectivity index (χ0n) is 11.1. The van der Waals surface area contributed by atoms with Gasteiger partial charge < -0.3 is 5.32 Å². The summed E-state index contributed by atoms with van der Waals surface area (Å²) in [6.45, 7) is 4.35. The number of anilines is 1. The first-order chi connectivity index (χ1) is 9.10. The summed E-state index contributed by atoms with van der Waals surface area (Å²) < 4.78 is 1.14. The molecule has 19 heavy (non-hydrogen) atoms. The third-order valence-corrected chi connectivity index (χ3v) is 4.32. The smallest absolute Gasteiger partial charge is 0.0486 e. The maximum Gasteiger partial charge on any atom is 0.0486 e. The van der Waals surface area contributed by atoms with Gasteiger partial charge in [0.1, 0.15) is 0 Å². The van der Waals surface area contributed by atoms with Crippen LogP contribution in [-0.2, 0) is 6.42 Å². The molecule has 0 heterocycles. The van der Waals surface area contributed by atoms with Gasteiger partial charge in [-0.25, -0.2) is 0 Å². The first-order valence-electron chi connectivity index (χ1n) is 6.40. The fourth-order valence-corrected chi connectivity index (χ4v) is 2.99. The molecule has 0 aliphatic heterocycles. The van der Waals surface area contributed by atoms with E-state index >= 15 is 0 Å². The molecule has 1 atom stereocenters. The topological polar surface area (TPSA) is 12.0 Å². The van der Waals surface area contributed by atoms with Crippen LogP contribution in [0.25, 0.3) is 0 Å². The monoisotopic (exact) mass is 385 g/mol. The van der Waals surface area contributed by atoms with Crippen molar-refractivity contribution in [2.75, 3.05) is 5.32 Å². The number of halogens is 2. The van der Waals surface area contributed by atoms with Gasteiger partial charge in [-0.1, -0.05) is 42.8 Å². The highest BCUT2D eigenvalue weighted by atomic mass is 127. The van der Waals surface area contributed by atoms with Crippen molar-refractivity contribution in [3.05, 3.63) is 62.2 Å². The van der Waals surface area contributed by atoms with E-state index < -0.39 is 0 Å². The van der Waals surface area contributed by atoms with Crippen molar-refractivity contribution in [2.24, 2.45) is 0 Å². The van der Waals surface area contributed by atoms with Crippen LogP contribution in [0.4, 0.5) is 5.69 Å². The van der Waals surface area contributed by atoms with Crippen molar-refractivity contribution < 1.29 is 0 Å². The van der Waals surface area contributed by atoms with E-state index in [0.717, 1.165) is 20.7 Å². The Balaban J connectivity index is 2.13. The summed E-state index contributed by atoms with van der Waals surface area (Å²) >= 11 is 8.27. The largest absolute Gasteiger partial charge is 0.378 e. The Morgan fingerprint density at radius 3 is 2.42 bits per heavy atom. The van der Waals surface area contributed by atoms with Crippen molar-refractivity contribution in [3.63, 3.8) is 0 Å². The molecule has 0 aliphatic rings. The molecule has 0 fully saturated rings. The second-order valence-corrected chi connectivity index (χ2v) is 6.18.